The standard InChI is InChI=1S/C21H20ClN3O2/c1-2-21(26)25-20-12-9-18(13-23-20)24-17-7-10-19(11-8-17)27-14-15-3-5-16(22)6-4-15/h3-13,24H,2,14H2,1H3,(H,23,25,26). The molecule has 2 N–H and O–H groups in total. The topological polar surface area (TPSA) is 63.2 Å². The van der Waals surface area contributed by atoms with Crippen LogP contribution in [0.1, 0.15) is 18.9 Å². The van der Waals surface area contributed by atoms with E-state index in [-0.39, 0.29) is 5.91 Å². The Morgan fingerprint density at radius 2 is 1.70 bits per heavy atom. The van der Waals surface area contributed by atoms with Crippen molar-refractivity contribution in [2.75, 3.05) is 10.6 Å². The molecule has 0 spiro atoms. The number of ether oxygens (including phenoxy) is 1. The number of nitrogens with one attached hydrogen (secondary N) is 2. The average Bonchev–Trinajstić information content (AvgIpc) is 2.70. The Kier molecular flexibility index (Phi) is 6.28. The third kappa shape index (κ3) is 5.72. The Labute approximate surface area is 163 Å². The molecule has 0 radical (unpaired) electrons. The normalized spacial score (nSPS) is 10.3. The molecule has 0 saturated carbocycles. The number of halogens is 1. The van der Waals surface area contributed by atoms with Gasteiger partial charge in [0.1, 0.15) is 18.2 Å². The highest BCUT2D eigenvalue weighted by molar-refractivity contribution is 6.30. The maximum Gasteiger partial charge on any atom is 0.225 e. The molecule has 0 bridgehead atoms. The first-order valence-corrected chi connectivity index (χ1v) is 9.00. The lowest BCUT2D eigenvalue weighted by atomic mass is 10.2. The van der Waals surface area contributed by atoms with Crippen molar-refractivity contribution in [1.82, 2.24) is 4.98 Å². The summed E-state index contributed by atoms with van der Waals surface area (Å²) in [5, 5.41) is 6.69. The maximum atomic E-state index is 11.4. The second-order valence-corrected chi connectivity index (χ2v) is 6.33. The van der Waals surface area contributed by atoms with Gasteiger partial charge in [-0.3, -0.25) is 4.79 Å². The molecule has 0 unspecified atom stereocenters. The number of aromatic nitrogens is 1. The summed E-state index contributed by atoms with van der Waals surface area (Å²) in [6, 6.07) is 18.9. The molecule has 1 aromatic heterocycles. The Morgan fingerprint density at radius 1 is 1.00 bits per heavy atom. The van der Waals surface area contributed by atoms with E-state index in [1.807, 2.05) is 54.6 Å². The maximum absolute atomic E-state index is 11.4. The SMILES string of the molecule is CCC(=O)Nc1ccc(Nc2ccc(OCc3ccc(Cl)cc3)cc2)cn1. The fourth-order valence-corrected chi connectivity index (χ4v) is 2.45. The summed E-state index contributed by atoms with van der Waals surface area (Å²) in [7, 11) is 0. The van der Waals surface area contributed by atoms with Crippen molar-refractivity contribution in [3.05, 3.63) is 77.4 Å². The number of hydrogen-bond acceptors (Lipinski definition) is 4. The van der Waals surface area contributed by atoms with Gasteiger partial charge in [0.05, 0.1) is 11.9 Å². The van der Waals surface area contributed by atoms with Crippen LogP contribution in [-0.4, -0.2) is 10.9 Å². The van der Waals surface area contributed by atoms with Gasteiger partial charge in [-0.1, -0.05) is 30.7 Å². The highest BCUT2D eigenvalue weighted by Gasteiger charge is 2.02. The van der Waals surface area contributed by atoms with Crippen LogP contribution in [0.25, 0.3) is 0 Å². The fraction of sp³-hybridized carbons (Fsp3) is 0.143. The molecule has 0 aliphatic heterocycles. The molecule has 1 heterocycles. The average molecular weight is 382 g/mol. The molecule has 3 rings (SSSR count). The smallest absolute Gasteiger partial charge is 0.225 e. The monoisotopic (exact) mass is 381 g/mol. The fourth-order valence-electron chi connectivity index (χ4n) is 2.32. The first kappa shape index (κ1) is 18.7. The van der Waals surface area contributed by atoms with E-state index in [0.29, 0.717) is 23.9 Å². The molecule has 2 aromatic carbocycles. The van der Waals surface area contributed by atoms with Crippen molar-refractivity contribution in [2.45, 2.75) is 20.0 Å². The lowest BCUT2D eigenvalue weighted by Crippen LogP contribution is -2.10. The van der Waals surface area contributed by atoms with E-state index < -0.39 is 0 Å². The zero-order valence-corrected chi connectivity index (χ0v) is 15.7. The molecule has 1 amide bonds. The molecule has 6 heteroatoms. The lowest BCUT2D eigenvalue weighted by molar-refractivity contribution is -0.115. The van der Waals surface area contributed by atoms with Crippen LogP contribution in [0.15, 0.2) is 66.9 Å². The van der Waals surface area contributed by atoms with Crippen LogP contribution < -0.4 is 15.4 Å². The van der Waals surface area contributed by atoms with Crippen molar-refractivity contribution in [3.8, 4) is 5.75 Å². The van der Waals surface area contributed by atoms with Gasteiger partial charge in [0.15, 0.2) is 0 Å². The number of amides is 1. The van der Waals surface area contributed by atoms with Crippen LogP contribution in [0.2, 0.25) is 5.02 Å². The third-order valence-electron chi connectivity index (χ3n) is 3.81. The Bertz CT molecular complexity index is 879. The molecular formula is C21H20ClN3O2. The number of carbonyl (C=O) groups is 1. The van der Waals surface area contributed by atoms with E-state index in [2.05, 4.69) is 15.6 Å². The minimum Gasteiger partial charge on any atom is -0.489 e. The van der Waals surface area contributed by atoms with Gasteiger partial charge < -0.3 is 15.4 Å². The molecule has 0 aliphatic rings. The summed E-state index contributed by atoms with van der Waals surface area (Å²) in [5.41, 5.74) is 2.81. The van der Waals surface area contributed by atoms with Gasteiger partial charge in [-0.2, -0.15) is 0 Å². The predicted molar refractivity (Wildman–Crippen MR) is 109 cm³/mol. The van der Waals surface area contributed by atoms with Crippen LogP contribution in [0.3, 0.4) is 0 Å². The van der Waals surface area contributed by atoms with Gasteiger partial charge in [-0.15, -0.1) is 0 Å². The van der Waals surface area contributed by atoms with Crippen LogP contribution in [0, 0.1) is 0 Å². The van der Waals surface area contributed by atoms with E-state index in [4.69, 9.17) is 16.3 Å². The molecule has 0 fully saturated rings. The molecule has 3 aromatic rings. The Morgan fingerprint density at radius 3 is 2.33 bits per heavy atom. The van der Waals surface area contributed by atoms with Crippen LogP contribution >= 0.6 is 11.6 Å². The number of pyridine rings is 1. The summed E-state index contributed by atoms with van der Waals surface area (Å²) in [6.07, 6.45) is 2.10. The Balaban J connectivity index is 1.54. The van der Waals surface area contributed by atoms with Crippen molar-refractivity contribution in [2.24, 2.45) is 0 Å². The van der Waals surface area contributed by atoms with Gasteiger partial charge in [-0.25, -0.2) is 4.98 Å². The van der Waals surface area contributed by atoms with Crippen molar-refractivity contribution >= 4 is 34.7 Å². The quantitative estimate of drug-likeness (QED) is 0.574. The summed E-state index contributed by atoms with van der Waals surface area (Å²) in [6.45, 7) is 2.28. The van der Waals surface area contributed by atoms with Gasteiger partial charge in [0, 0.05) is 17.1 Å². The number of hydrogen-bond donors (Lipinski definition) is 2. The summed E-state index contributed by atoms with van der Waals surface area (Å²) < 4.78 is 5.78. The zero-order valence-electron chi connectivity index (χ0n) is 14.9. The number of carbonyl (C=O) groups excluding carboxylic acids is 1. The van der Waals surface area contributed by atoms with E-state index in [1.165, 1.54) is 0 Å². The minimum absolute atomic E-state index is 0.0580. The molecule has 27 heavy (non-hydrogen) atoms. The number of nitrogens with zero attached hydrogens (tertiary/aromatic N) is 1. The van der Waals surface area contributed by atoms with E-state index >= 15 is 0 Å². The molecular weight excluding hydrogens is 362 g/mol. The van der Waals surface area contributed by atoms with Gasteiger partial charge in [-0.05, 0) is 54.1 Å². The van der Waals surface area contributed by atoms with Crippen molar-refractivity contribution in [3.63, 3.8) is 0 Å². The minimum atomic E-state index is -0.0580. The largest absolute Gasteiger partial charge is 0.489 e. The van der Waals surface area contributed by atoms with Gasteiger partial charge in [0.2, 0.25) is 5.91 Å². The van der Waals surface area contributed by atoms with E-state index in [9.17, 15) is 4.79 Å². The summed E-state index contributed by atoms with van der Waals surface area (Å²) in [5.74, 6) is 1.27. The summed E-state index contributed by atoms with van der Waals surface area (Å²) >= 11 is 5.88. The van der Waals surface area contributed by atoms with Crippen molar-refractivity contribution < 1.29 is 9.53 Å². The number of anilines is 3. The molecule has 0 aliphatic carbocycles. The zero-order chi connectivity index (χ0) is 19.1. The number of rotatable bonds is 7. The third-order valence-corrected chi connectivity index (χ3v) is 4.07. The van der Waals surface area contributed by atoms with Crippen LogP contribution in [0.4, 0.5) is 17.2 Å². The highest BCUT2D eigenvalue weighted by Crippen LogP contribution is 2.21. The molecule has 0 saturated heterocycles. The lowest BCUT2D eigenvalue weighted by Gasteiger charge is -2.10. The number of benzene rings is 2. The second kappa shape index (κ2) is 9.05. The van der Waals surface area contributed by atoms with Gasteiger partial charge >= 0.3 is 0 Å². The van der Waals surface area contributed by atoms with E-state index in [0.717, 1.165) is 22.7 Å². The molecule has 0 atom stereocenters. The molecule has 138 valence electrons. The van der Waals surface area contributed by atoms with Gasteiger partial charge in [0.25, 0.3) is 0 Å². The molecule has 5 nitrogen and oxygen atoms in total. The highest BCUT2D eigenvalue weighted by atomic mass is 35.5. The Hall–Kier alpha value is -3.05. The first-order chi connectivity index (χ1) is 13.1. The second-order valence-electron chi connectivity index (χ2n) is 5.90. The van der Waals surface area contributed by atoms with E-state index in [1.54, 1.807) is 19.2 Å². The van der Waals surface area contributed by atoms with Crippen LogP contribution in [-0.2, 0) is 11.4 Å². The van der Waals surface area contributed by atoms with Crippen LogP contribution in [0.5, 0.6) is 5.75 Å². The summed E-state index contributed by atoms with van der Waals surface area (Å²) in [4.78, 5) is 15.6. The first-order valence-electron chi connectivity index (χ1n) is 8.62. The van der Waals surface area contributed by atoms with Crippen molar-refractivity contribution in [1.29, 1.82) is 0 Å². The predicted octanol–water partition coefficient (Wildman–Crippen LogP) is 5.41.